The van der Waals surface area contributed by atoms with Gasteiger partial charge in [0.05, 0.1) is 4.92 Å². The number of hydrogen-bond acceptors (Lipinski definition) is 4. The highest BCUT2D eigenvalue weighted by atomic mass is 32.4. The molecule has 0 saturated heterocycles. The van der Waals surface area contributed by atoms with Gasteiger partial charge in [-0.15, -0.1) is 0 Å². The summed E-state index contributed by atoms with van der Waals surface area (Å²) in [5.41, 5.74) is 5.72. The third-order valence-corrected chi connectivity index (χ3v) is 3.52. The Hall–Kier alpha value is -1.01. The topological polar surface area (TPSA) is 90.4 Å². The predicted octanol–water partition coefficient (Wildman–Crippen LogP) is 1.77. The minimum absolute atomic E-state index is 0.00104. The van der Waals surface area contributed by atoms with E-state index < -0.39 is 11.5 Å². The van der Waals surface area contributed by atoms with Gasteiger partial charge in [0.25, 0.3) is 5.69 Å². The molecule has 0 fully saturated rings. The highest BCUT2D eigenvalue weighted by Gasteiger charge is 2.12. The molecule has 6 nitrogen and oxygen atoms in total. The van der Waals surface area contributed by atoms with Gasteiger partial charge in [-0.05, 0) is 23.9 Å². The molecule has 1 unspecified atom stereocenters. The van der Waals surface area contributed by atoms with Crippen molar-refractivity contribution in [3.63, 3.8) is 0 Å². The molecule has 0 aliphatic carbocycles. The lowest BCUT2D eigenvalue weighted by Crippen LogP contribution is -2.19. The summed E-state index contributed by atoms with van der Waals surface area (Å²) in [7, 11) is 0. The minimum Gasteiger partial charge on any atom is -0.441 e. The zero-order valence-electron chi connectivity index (χ0n) is 8.62. The van der Waals surface area contributed by atoms with Crippen LogP contribution in [0.4, 0.5) is 5.69 Å². The van der Waals surface area contributed by atoms with Gasteiger partial charge in [-0.25, -0.2) is 5.09 Å². The fourth-order valence-electron chi connectivity index (χ4n) is 1.04. The zero-order chi connectivity index (χ0) is 12.2. The lowest BCUT2D eigenvalue weighted by atomic mass is 10.3. The summed E-state index contributed by atoms with van der Waals surface area (Å²) in [6.07, 6.45) is 0. The van der Waals surface area contributed by atoms with Gasteiger partial charge in [0, 0.05) is 18.7 Å². The highest BCUT2D eigenvalue weighted by Crippen LogP contribution is 2.35. The standard InChI is InChI=1S/C8H12N3O3PS/c1-2-10-15(9,16)14-8-5-3-7(4-6-8)11(12)13/h3-6H,2H2,1H3,(H3,9,10,16). The number of non-ortho nitro benzene ring substituents is 1. The molecule has 1 aromatic carbocycles. The Morgan fingerprint density at radius 3 is 2.56 bits per heavy atom. The first-order chi connectivity index (χ1) is 7.44. The molecular formula is C8H12N3O3PS. The number of benzene rings is 1. The molecular weight excluding hydrogens is 249 g/mol. The summed E-state index contributed by atoms with van der Waals surface area (Å²) < 4.78 is 5.35. The Balaban J connectivity index is 2.76. The maximum atomic E-state index is 10.4. The molecule has 1 aromatic rings. The Bertz CT molecular complexity index is 423. The maximum absolute atomic E-state index is 10.4. The fourth-order valence-corrected chi connectivity index (χ4v) is 2.62. The Morgan fingerprint density at radius 2 is 2.12 bits per heavy atom. The van der Waals surface area contributed by atoms with Gasteiger partial charge in [-0.3, -0.25) is 15.6 Å². The van der Waals surface area contributed by atoms with Crippen LogP contribution in [0.5, 0.6) is 5.75 Å². The average Bonchev–Trinajstić information content (AvgIpc) is 2.17. The van der Waals surface area contributed by atoms with E-state index in [-0.39, 0.29) is 5.69 Å². The zero-order valence-corrected chi connectivity index (χ0v) is 10.3. The van der Waals surface area contributed by atoms with Crippen molar-refractivity contribution < 1.29 is 9.45 Å². The monoisotopic (exact) mass is 261 g/mol. The molecule has 1 atom stereocenters. The molecule has 16 heavy (non-hydrogen) atoms. The number of nitrogens with zero attached hydrogens (tertiary/aromatic N) is 1. The van der Waals surface area contributed by atoms with E-state index in [1.54, 1.807) is 0 Å². The first-order valence-electron chi connectivity index (χ1n) is 4.52. The molecule has 0 heterocycles. The van der Waals surface area contributed by atoms with Crippen molar-refractivity contribution in [1.82, 2.24) is 5.09 Å². The van der Waals surface area contributed by atoms with Crippen LogP contribution >= 0.6 is 6.57 Å². The summed E-state index contributed by atoms with van der Waals surface area (Å²) in [6.45, 7) is -0.0598. The quantitative estimate of drug-likeness (QED) is 0.477. The molecule has 8 heteroatoms. The summed E-state index contributed by atoms with van der Waals surface area (Å²) in [5, 5.41) is 13.3. The van der Waals surface area contributed by atoms with Crippen molar-refractivity contribution in [2.75, 3.05) is 6.54 Å². The predicted molar refractivity (Wildman–Crippen MR) is 65.9 cm³/mol. The van der Waals surface area contributed by atoms with Crippen molar-refractivity contribution in [3.8, 4) is 5.75 Å². The Kier molecular flexibility index (Phi) is 4.37. The number of nitro groups is 1. The number of hydrogen-bond donors (Lipinski definition) is 2. The fraction of sp³-hybridized carbons (Fsp3) is 0.250. The summed E-state index contributed by atoms with van der Waals surface area (Å²) in [4.78, 5) is 9.93. The van der Waals surface area contributed by atoms with E-state index in [0.29, 0.717) is 12.3 Å². The highest BCUT2D eigenvalue weighted by molar-refractivity contribution is 8.10. The van der Waals surface area contributed by atoms with Crippen molar-refractivity contribution in [3.05, 3.63) is 34.4 Å². The maximum Gasteiger partial charge on any atom is 0.269 e. The second kappa shape index (κ2) is 5.36. The van der Waals surface area contributed by atoms with Crippen LogP contribution in [0.1, 0.15) is 6.92 Å². The molecule has 0 amide bonds. The van der Waals surface area contributed by atoms with Crippen LogP contribution in [0.3, 0.4) is 0 Å². The molecule has 3 N–H and O–H groups in total. The number of rotatable bonds is 5. The lowest BCUT2D eigenvalue weighted by Gasteiger charge is -2.18. The second-order valence-electron chi connectivity index (χ2n) is 2.95. The van der Waals surface area contributed by atoms with Crippen molar-refractivity contribution in [1.29, 1.82) is 0 Å². The van der Waals surface area contributed by atoms with E-state index in [2.05, 4.69) is 5.09 Å². The smallest absolute Gasteiger partial charge is 0.269 e. The van der Waals surface area contributed by atoms with Crippen LogP contribution < -0.4 is 15.1 Å². The van der Waals surface area contributed by atoms with Crippen molar-refractivity contribution >= 4 is 24.1 Å². The van der Waals surface area contributed by atoms with Crippen LogP contribution in [0, 0.1) is 10.1 Å². The largest absolute Gasteiger partial charge is 0.441 e. The van der Waals surface area contributed by atoms with Crippen molar-refractivity contribution in [2.45, 2.75) is 6.92 Å². The van der Waals surface area contributed by atoms with Gasteiger partial charge in [-0.1, -0.05) is 6.92 Å². The van der Waals surface area contributed by atoms with Crippen molar-refractivity contribution in [2.24, 2.45) is 5.50 Å². The van der Waals surface area contributed by atoms with Crippen LogP contribution in [0.15, 0.2) is 24.3 Å². The van der Waals surface area contributed by atoms with Gasteiger partial charge in [0.1, 0.15) is 5.75 Å². The first kappa shape index (κ1) is 13.1. The molecule has 0 radical (unpaired) electrons. The summed E-state index contributed by atoms with van der Waals surface area (Å²) in [5.74, 6) is 0.428. The van der Waals surface area contributed by atoms with Gasteiger partial charge in [-0.2, -0.15) is 0 Å². The molecule has 0 spiro atoms. The number of nitrogens with one attached hydrogen (secondary N) is 1. The molecule has 0 saturated carbocycles. The molecule has 0 bridgehead atoms. The third kappa shape index (κ3) is 3.86. The van der Waals surface area contributed by atoms with E-state index in [0.717, 1.165) is 0 Å². The van der Waals surface area contributed by atoms with Crippen LogP contribution in [-0.2, 0) is 11.8 Å². The molecule has 0 aliphatic rings. The van der Waals surface area contributed by atoms with E-state index in [1.165, 1.54) is 24.3 Å². The van der Waals surface area contributed by atoms with Crippen LogP contribution in [0.2, 0.25) is 0 Å². The van der Waals surface area contributed by atoms with Crippen LogP contribution in [-0.4, -0.2) is 11.5 Å². The summed E-state index contributed by atoms with van der Waals surface area (Å²) >= 11 is 5.03. The molecule has 1 rings (SSSR count). The number of nitro benzene ring substituents is 1. The molecule has 0 aromatic heterocycles. The minimum atomic E-state index is -2.54. The lowest BCUT2D eigenvalue weighted by molar-refractivity contribution is -0.384. The van der Waals surface area contributed by atoms with E-state index in [4.69, 9.17) is 21.8 Å². The SMILES string of the molecule is CCNP(N)(=S)Oc1ccc([N+](=O)[O-])cc1. The van der Waals surface area contributed by atoms with Gasteiger partial charge >= 0.3 is 0 Å². The Morgan fingerprint density at radius 1 is 1.56 bits per heavy atom. The van der Waals surface area contributed by atoms with Crippen LogP contribution in [0.25, 0.3) is 0 Å². The average molecular weight is 261 g/mol. The van der Waals surface area contributed by atoms with E-state index in [1.807, 2.05) is 6.92 Å². The first-order valence-corrected chi connectivity index (χ1v) is 7.31. The summed E-state index contributed by atoms with van der Waals surface area (Å²) in [6, 6.07) is 5.64. The Labute approximate surface area is 98.1 Å². The normalized spacial score (nSPS) is 14.1. The molecule has 0 aliphatic heterocycles. The third-order valence-electron chi connectivity index (χ3n) is 1.67. The van der Waals surface area contributed by atoms with Gasteiger partial charge in [0.15, 0.2) is 0 Å². The van der Waals surface area contributed by atoms with E-state index in [9.17, 15) is 10.1 Å². The van der Waals surface area contributed by atoms with Gasteiger partial charge in [0.2, 0.25) is 6.57 Å². The second-order valence-corrected chi connectivity index (χ2v) is 6.27. The molecule has 88 valence electrons. The van der Waals surface area contributed by atoms with E-state index >= 15 is 0 Å². The number of nitrogens with two attached hydrogens (primary N) is 1. The van der Waals surface area contributed by atoms with Gasteiger partial charge < -0.3 is 4.52 Å².